The van der Waals surface area contributed by atoms with E-state index in [1.807, 2.05) is 55.5 Å². The van der Waals surface area contributed by atoms with E-state index in [0.29, 0.717) is 24.8 Å². The summed E-state index contributed by atoms with van der Waals surface area (Å²) in [5.41, 5.74) is -1.49. The van der Waals surface area contributed by atoms with Crippen LogP contribution < -0.4 is 0 Å². The van der Waals surface area contributed by atoms with Crippen LogP contribution in [0.2, 0.25) is 0 Å². The number of pyridine rings is 1. The SMILES string of the molecule is Cc1ncccc1CC(=O)c1ccc2c(c1)CC[C@@H]1C[C@@](O)(C(F)(F)F)[C@](C)(O)C[C@@]21Cc1ccccc1. The Balaban J connectivity index is 1.57. The Labute approximate surface area is 220 Å². The van der Waals surface area contributed by atoms with Crippen molar-refractivity contribution in [2.45, 2.75) is 75.2 Å². The molecule has 5 rings (SSSR count). The fourth-order valence-electron chi connectivity index (χ4n) is 6.82. The molecule has 0 amide bonds. The third-order valence-electron chi connectivity index (χ3n) is 8.90. The summed E-state index contributed by atoms with van der Waals surface area (Å²) in [7, 11) is 0. The van der Waals surface area contributed by atoms with Gasteiger partial charge in [0, 0.05) is 29.3 Å². The van der Waals surface area contributed by atoms with Gasteiger partial charge in [-0.1, -0.05) is 48.5 Å². The Hall–Kier alpha value is -3.03. The average Bonchev–Trinajstić information content (AvgIpc) is 2.86. The van der Waals surface area contributed by atoms with Crippen LogP contribution in [-0.2, 0) is 24.7 Å². The van der Waals surface area contributed by atoms with E-state index in [-0.39, 0.29) is 18.6 Å². The highest BCUT2D eigenvalue weighted by atomic mass is 19.4. The number of halogens is 3. The summed E-state index contributed by atoms with van der Waals surface area (Å²) in [6.45, 7) is 2.96. The minimum Gasteiger partial charge on any atom is -0.387 e. The molecule has 0 saturated heterocycles. The molecule has 7 heteroatoms. The molecule has 0 aliphatic heterocycles. The second-order valence-corrected chi connectivity index (χ2v) is 11.3. The molecule has 2 aliphatic rings. The maximum absolute atomic E-state index is 14.1. The predicted molar refractivity (Wildman–Crippen MR) is 138 cm³/mol. The number of Topliss-reactive ketones (excluding diaryl/α,β-unsaturated/α-hetero) is 1. The lowest BCUT2D eigenvalue weighted by molar-refractivity contribution is -0.338. The molecular formula is C31H32F3NO3. The first-order valence-corrected chi connectivity index (χ1v) is 13.0. The van der Waals surface area contributed by atoms with Gasteiger partial charge in [0.2, 0.25) is 0 Å². The third-order valence-corrected chi connectivity index (χ3v) is 8.90. The van der Waals surface area contributed by atoms with Crippen molar-refractivity contribution in [1.29, 1.82) is 0 Å². The van der Waals surface area contributed by atoms with E-state index in [0.717, 1.165) is 34.9 Å². The Morgan fingerprint density at radius 2 is 1.82 bits per heavy atom. The molecule has 1 saturated carbocycles. The second kappa shape index (κ2) is 9.31. The highest BCUT2D eigenvalue weighted by molar-refractivity contribution is 5.98. The summed E-state index contributed by atoms with van der Waals surface area (Å²) in [4.78, 5) is 17.4. The van der Waals surface area contributed by atoms with Crippen molar-refractivity contribution in [3.63, 3.8) is 0 Å². The van der Waals surface area contributed by atoms with Gasteiger partial charge >= 0.3 is 6.18 Å². The van der Waals surface area contributed by atoms with Crippen LogP contribution in [0.25, 0.3) is 0 Å². The Morgan fingerprint density at radius 3 is 2.50 bits per heavy atom. The maximum Gasteiger partial charge on any atom is 0.420 e. The number of carbonyl (C=O) groups is 1. The number of rotatable bonds is 5. The summed E-state index contributed by atoms with van der Waals surface area (Å²) in [6.07, 6.45) is -2.53. The van der Waals surface area contributed by atoms with E-state index in [4.69, 9.17) is 0 Å². The molecule has 200 valence electrons. The molecule has 38 heavy (non-hydrogen) atoms. The summed E-state index contributed by atoms with van der Waals surface area (Å²) >= 11 is 0. The first kappa shape index (κ1) is 26.6. The highest BCUT2D eigenvalue weighted by Crippen LogP contribution is 2.60. The molecule has 3 aromatic rings. The van der Waals surface area contributed by atoms with Crippen LogP contribution in [0.3, 0.4) is 0 Å². The smallest absolute Gasteiger partial charge is 0.387 e. The monoisotopic (exact) mass is 523 g/mol. The van der Waals surface area contributed by atoms with Crippen molar-refractivity contribution in [2.75, 3.05) is 0 Å². The molecule has 4 nitrogen and oxygen atoms in total. The highest BCUT2D eigenvalue weighted by Gasteiger charge is 2.70. The number of aliphatic hydroxyl groups is 2. The number of fused-ring (bicyclic) bond motifs is 3. The predicted octanol–water partition coefficient (Wildman–Crippen LogP) is 5.70. The quantitative estimate of drug-likeness (QED) is 0.421. The van der Waals surface area contributed by atoms with Gasteiger partial charge < -0.3 is 10.2 Å². The number of hydrogen-bond donors (Lipinski definition) is 2. The van der Waals surface area contributed by atoms with Gasteiger partial charge in [0.1, 0.15) is 5.60 Å². The standard InChI is InChI=1S/C31H32F3NO3/c1-20-22(9-6-14-35-20)16-27(36)24-11-13-26-23(15-24)10-12-25-18-30(38,31(32,33)34)28(2,37)19-29(25,26)17-21-7-4-3-5-8-21/h3-9,11,13-15,25,37-38H,10,12,16-19H2,1-2H3/t25-,28-,29-,30+/m1/s1. The van der Waals surface area contributed by atoms with E-state index in [9.17, 15) is 28.2 Å². The number of hydrogen-bond acceptors (Lipinski definition) is 4. The van der Waals surface area contributed by atoms with Gasteiger partial charge in [0.15, 0.2) is 11.4 Å². The van der Waals surface area contributed by atoms with Gasteiger partial charge in [-0.25, -0.2) is 0 Å². The number of benzene rings is 2. The van der Waals surface area contributed by atoms with E-state index in [1.54, 1.807) is 18.3 Å². The van der Waals surface area contributed by atoms with Crippen molar-refractivity contribution < 1.29 is 28.2 Å². The molecule has 2 N–H and O–H groups in total. The number of aromatic nitrogens is 1. The summed E-state index contributed by atoms with van der Waals surface area (Å²) in [5, 5.41) is 22.1. The van der Waals surface area contributed by atoms with Gasteiger partial charge in [-0.15, -0.1) is 0 Å². The van der Waals surface area contributed by atoms with Crippen molar-refractivity contribution in [2.24, 2.45) is 5.92 Å². The maximum atomic E-state index is 14.1. The van der Waals surface area contributed by atoms with Crippen LogP contribution in [0.15, 0.2) is 66.9 Å². The topological polar surface area (TPSA) is 70.4 Å². The van der Waals surface area contributed by atoms with Gasteiger partial charge in [-0.05, 0) is 86.3 Å². The minimum absolute atomic E-state index is 0.0507. The fraction of sp³-hybridized carbons (Fsp3) is 0.419. The van der Waals surface area contributed by atoms with Crippen LogP contribution in [0.1, 0.15) is 64.5 Å². The lowest BCUT2D eigenvalue weighted by atomic mass is 9.49. The summed E-state index contributed by atoms with van der Waals surface area (Å²) < 4.78 is 42.4. The van der Waals surface area contributed by atoms with Crippen molar-refractivity contribution in [3.05, 3.63) is 100 Å². The van der Waals surface area contributed by atoms with E-state index in [2.05, 4.69) is 4.98 Å². The molecule has 4 atom stereocenters. The van der Waals surface area contributed by atoms with Crippen LogP contribution >= 0.6 is 0 Å². The Bertz CT molecular complexity index is 1350. The van der Waals surface area contributed by atoms with Crippen molar-refractivity contribution in [3.8, 4) is 0 Å². The van der Waals surface area contributed by atoms with Gasteiger partial charge in [-0.3, -0.25) is 9.78 Å². The lowest BCUT2D eigenvalue weighted by Crippen LogP contribution is -2.69. The second-order valence-electron chi connectivity index (χ2n) is 11.3. The number of carbonyl (C=O) groups excluding carboxylic acids is 1. The summed E-state index contributed by atoms with van der Waals surface area (Å²) in [6, 6.07) is 18.7. The van der Waals surface area contributed by atoms with E-state index >= 15 is 0 Å². The molecule has 1 heterocycles. The number of nitrogens with zero attached hydrogens (tertiary/aromatic N) is 1. The zero-order chi connectivity index (χ0) is 27.3. The molecule has 0 bridgehead atoms. The number of aryl methyl sites for hydroxylation is 2. The van der Waals surface area contributed by atoms with Crippen LogP contribution in [-0.4, -0.2) is 38.4 Å². The first-order chi connectivity index (χ1) is 17.9. The molecule has 1 aromatic heterocycles. The Morgan fingerprint density at radius 1 is 1.08 bits per heavy atom. The summed E-state index contributed by atoms with van der Waals surface area (Å²) in [5.74, 6) is -0.549. The Kier molecular flexibility index (Phi) is 6.51. The number of alkyl halides is 3. The largest absolute Gasteiger partial charge is 0.420 e. The minimum atomic E-state index is -4.96. The molecule has 1 fully saturated rings. The van der Waals surface area contributed by atoms with E-state index < -0.39 is 35.1 Å². The van der Waals surface area contributed by atoms with Crippen LogP contribution in [0, 0.1) is 12.8 Å². The third kappa shape index (κ3) is 4.35. The molecule has 0 spiro atoms. The van der Waals surface area contributed by atoms with Gasteiger partial charge in [0.25, 0.3) is 0 Å². The zero-order valence-corrected chi connectivity index (χ0v) is 21.6. The fourth-order valence-corrected chi connectivity index (χ4v) is 6.82. The molecule has 0 radical (unpaired) electrons. The van der Waals surface area contributed by atoms with Crippen LogP contribution in [0.4, 0.5) is 13.2 Å². The molecule has 2 aliphatic carbocycles. The normalized spacial score (nSPS) is 28.9. The van der Waals surface area contributed by atoms with Crippen LogP contribution in [0.5, 0.6) is 0 Å². The molecule has 2 aromatic carbocycles. The molecule has 0 unspecified atom stereocenters. The van der Waals surface area contributed by atoms with Crippen molar-refractivity contribution in [1.82, 2.24) is 4.98 Å². The van der Waals surface area contributed by atoms with Crippen molar-refractivity contribution >= 4 is 5.78 Å². The van der Waals surface area contributed by atoms with Gasteiger partial charge in [-0.2, -0.15) is 13.2 Å². The first-order valence-electron chi connectivity index (χ1n) is 13.0. The zero-order valence-electron chi connectivity index (χ0n) is 21.6. The van der Waals surface area contributed by atoms with E-state index in [1.165, 1.54) is 0 Å². The number of ketones is 1. The van der Waals surface area contributed by atoms with Gasteiger partial charge in [0.05, 0.1) is 0 Å². The lowest BCUT2D eigenvalue weighted by Gasteiger charge is -2.59. The molecular weight excluding hydrogens is 491 g/mol. The average molecular weight is 524 g/mol.